The number of nitrogens with zero attached hydrogens (tertiary/aromatic N) is 1. The van der Waals surface area contributed by atoms with Gasteiger partial charge in [-0.05, 0) is 26.0 Å². The Morgan fingerprint density at radius 1 is 1.24 bits per heavy atom. The van der Waals surface area contributed by atoms with Crippen molar-refractivity contribution in [3.05, 3.63) is 30.3 Å². The molecule has 2 N–H and O–H groups in total. The van der Waals surface area contributed by atoms with Crippen LogP contribution in [0.2, 0.25) is 0 Å². The summed E-state index contributed by atoms with van der Waals surface area (Å²) >= 11 is 0. The molecule has 0 aliphatic carbocycles. The minimum Gasteiger partial charge on any atom is -0.481 e. The van der Waals surface area contributed by atoms with E-state index in [1.54, 1.807) is 26.0 Å². The van der Waals surface area contributed by atoms with Crippen LogP contribution in [0.3, 0.4) is 0 Å². The number of aromatic nitrogens is 1. The third-order valence-electron chi connectivity index (χ3n) is 3.11. The fraction of sp³-hybridized carbons (Fsp3) is 0.375. The van der Waals surface area contributed by atoms with Gasteiger partial charge in [0.2, 0.25) is 17.2 Å². The van der Waals surface area contributed by atoms with E-state index in [1.807, 2.05) is 18.2 Å². The smallest absolute Gasteiger partial charge is 0.385 e. The Bertz CT molecular complexity index is 736. The van der Waals surface area contributed by atoms with E-state index < -0.39 is 13.6 Å². The summed E-state index contributed by atoms with van der Waals surface area (Å²) in [5.74, 6) is -0.631. The zero-order valence-corrected chi connectivity index (χ0v) is 15.0. The molecule has 0 radical (unpaired) electrons. The number of benzene rings is 1. The fourth-order valence-electron chi connectivity index (χ4n) is 2.10. The molecule has 2 rings (SSSR count). The van der Waals surface area contributed by atoms with E-state index in [1.165, 1.54) is 0 Å². The summed E-state index contributed by atoms with van der Waals surface area (Å²) in [6.45, 7) is 3.81. The zero-order valence-electron chi connectivity index (χ0n) is 14.1. The second-order valence-corrected chi connectivity index (χ2v) is 6.88. The van der Waals surface area contributed by atoms with Crippen LogP contribution in [0.4, 0.5) is 5.88 Å². The lowest BCUT2D eigenvalue weighted by molar-refractivity contribution is -0.136. The second-order valence-electron chi connectivity index (χ2n) is 4.94. The van der Waals surface area contributed by atoms with Gasteiger partial charge < -0.3 is 23.9 Å². The van der Waals surface area contributed by atoms with Crippen LogP contribution in [0.1, 0.15) is 20.3 Å². The lowest BCUT2D eigenvalue weighted by Gasteiger charge is -2.15. The Labute approximate surface area is 145 Å². The lowest BCUT2D eigenvalue weighted by Crippen LogP contribution is -2.18. The lowest BCUT2D eigenvalue weighted by atomic mass is 10.2. The number of rotatable bonds is 10. The standard InChI is InChI=1S/C16H21N2O6P/c1-3-22-25(21,23-4-2)16-15(17-11-10-13(19)20)24-14(18-16)12-8-6-5-7-9-12/h5-9,17H,3-4,10-11H2,1-2H3,(H,19,20). The van der Waals surface area contributed by atoms with Crippen molar-refractivity contribution < 1.29 is 27.9 Å². The molecule has 136 valence electrons. The van der Waals surface area contributed by atoms with Crippen molar-refractivity contribution in [1.82, 2.24) is 4.98 Å². The molecule has 0 spiro atoms. The first kappa shape index (κ1) is 19.2. The Hall–Kier alpha value is -2.15. The predicted molar refractivity (Wildman–Crippen MR) is 93.2 cm³/mol. The molecule has 2 aromatic rings. The van der Waals surface area contributed by atoms with Gasteiger partial charge in [0, 0.05) is 12.1 Å². The highest BCUT2D eigenvalue weighted by molar-refractivity contribution is 7.62. The van der Waals surface area contributed by atoms with Crippen molar-refractivity contribution in [3.8, 4) is 11.5 Å². The van der Waals surface area contributed by atoms with Crippen LogP contribution in [0, 0.1) is 0 Å². The number of aliphatic carboxylic acids is 1. The van der Waals surface area contributed by atoms with Gasteiger partial charge in [-0.15, -0.1) is 0 Å². The van der Waals surface area contributed by atoms with Crippen LogP contribution in [-0.2, 0) is 18.4 Å². The third-order valence-corrected chi connectivity index (χ3v) is 5.13. The van der Waals surface area contributed by atoms with Crippen molar-refractivity contribution in [2.45, 2.75) is 20.3 Å². The van der Waals surface area contributed by atoms with E-state index in [4.69, 9.17) is 18.6 Å². The molecule has 0 atom stereocenters. The molecular formula is C16H21N2O6P. The Morgan fingerprint density at radius 3 is 2.44 bits per heavy atom. The van der Waals surface area contributed by atoms with Gasteiger partial charge in [-0.3, -0.25) is 9.36 Å². The summed E-state index contributed by atoms with van der Waals surface area (Å²) in [4.78, 5) is 15.0. The molecule has 0 saturated heterocycles. The average molecular weight is 368 g/mol. The van der Waals surface area contributed by atoms with Crippen LogP contribution >= 0.6 is 7.60 Å². The number of hydrogen-bond donors (Lipinski definition) is 2. The number of nitrogens with one attached hydrogen (secondary N) is 1. The molecule has 9 heteroatoms. The summed E-state index contributed by atoms with van der Waals surface area (Å²) in [5, 5.41) is 11.6. The van der Waals surface area contributed by atoms with Crippen LogP contribution < -0.4 is 10.8 Å². The molecule has 1 heterocycles. The summed E-state index contributed by atoms with van der Waals surface area (Å²) in [6, 6.07) is 9.08. The van der Waals surface area contributed by atoms with Crippen LogP contribution in [0.15, 0.2) is 34.7 Å². The minimum atomic E-state index is -3.69. The maximum atomic E-state index is 13.1. The quantitative estimate of drug-likeness (QED) is 0.616. The molecular weight excluding hydrogens is 347 g/mol. The van der Waals surface area contributed by atoms with E-state index in [2.05, 4.69) is 10.3 Å². The van der Waals surface area contributed by atoms with Crippen LogP contribution in [0.5, 0.6) is 0 Å². The van der Waals surface area contributed by atoms with Crippen LogP contribution in [-0.4, -0.2) is 35.8 Å². The first-order valence-electron chi connectivity index (χ1n) is 7.91. The molecule has 0 aliphatic rings. The van der Waals surface area contributed by atoms with Crippen LogP contribution in [0.25, 0.3) is 11.5 Å². The average Bonchev–Trinajstić information content (AvgIpc) is 3.01. The van der Waals surface area contributed by atoms with Gasteiger partial charge in [0.15, 0.2) is 0 Å². The Balaban J connectivity index is 2.41. The van der Waals surface area contributed by atoms with Gasteiger partial charge in [0.05, 0.1) is 19.6 Å². The number of carboxylic acid groups (broad SMARTS) is 1. The highest BCUT2D eigenvalue weighted by Crippen LogP contribution is 2.49. The number of oxazole rings is 1. The largest absolute Gasteiger partial charge is 0.481 e. The summed E-state index contributed by atoms with van der Waals surface area (Å²) in [7, 11) is -3.69. The molecule has 0 bridgehead atoms. The molecule has 8 nitrogen and oxygen atoms in total. The highest BCUT2D eigenvalue weighted by atomic mass is 31.2. The maximum absolute atomic E-state index is 13.1. The van der Waals surface area contributed by atoms with Gasteiger partial charge in [0.25, 0.3) is 0 Å². The maximum Gasteiger partial charge on any atom is 0.385 e. The molecule has 1 aromatic carbocycles. The Kier molecular flexibility index (Phi) is 6.75. The molecule has 0 saturated carbocycles. The fourth-order valence-corrected chi connectivity index (χ4v) is 3.69. The number of carbonyl (C=O) groups is 1. The minimum absolute atomic E-state index is 0.0143. The molecule has 1 aromatic heterocycles. The van der Waals surface area contributed by atoms with Crippen molar-refractivity contribution in [2.75, 3.05) is 25.1 Å². The van der Waals surface area contributed by atoms with Gasteiger partial charge in [-0.1, -0.05) is 18.2 Å². The van der Waals surface area contributed by atoms with Crippen molar-refractivity contribution in [3.63, 3.8) is 0 Å². The normalized spacial score (nSPS) is 11.4. The SMILES string of the molecule is CCOP(=O)(OCC)c1nc(-c2ccccc2)oc1NCCC(=O)O. The van der Waals surface area contributed by atoms with Crippen molar-refractivity contribution >= 4 is 24.9 Å². The highest BCUT2D eigenvalue weighted by Gasteiger charge is 2.35. The zero-order chi connectivity index (χ0) is 18.3. The molecule has 25 heavy (non-hydrogen) atoms. The monoisotopic (exact) mass is 368 g/mol. The topological polar surface area (TPSA) is 111 Å². The molecule has 0 aliphatic heterocycles. The van der Waals surface area contributed by atoms with Gasteiger partial charge >= 0.3 is 13.6 Å². The van der Waals surface area contributed by atoms with Crippen molar-refractivity contribution in [1.29, 1.82) is 0 Å². The third kappa shape index (κ3) is 4.92. The molecule has 0 unspecified atom stereocenters. The predicted octanol–water partition coefficient (Wildman–Crippen LogP) is 3.12. The van der Waals surface area contributed by atoms with Gasteiger partial charge in [-0.25, -0.2) is 0 Å². The van der Waals surface area contributed by atoms with E-state index in [-0.39, 0.29) is 43.4 Å². The van der Waals surface area contributed by atoms with Gasteiger partial charge in [0.1, 0.15) is 0 Å². The summed E-state index contributed by atoms with van der Waals surface area (Å²) < 4.78 is 29.4. The number of hydrogen-bond acceptors (Lipinski definition) is 7. The number of carboxylic acids is 1. The van der Waals surface area contributed by atoms with E-state index in [0.717, 1.165) is 0 Å². The Morgan fingerprint density at radius 2 is 1.88 bits per heavy atom. The molecule has 0 amide bonds. The first-order chi connectivity index (χ1) is 12.0. The summed E-state index contributed by atoms with van der Waals surface area (Å²) in [5.41, 5.74) is 0.704. The van der Waals surface area contributed by atoms with E-state index >= 15 is 0 Å². The number of anilines is 1. The first-order valence-corrected chi connectivity index (χ1v) is 9.46. The van der Waals surface area contributed by atoms with Gasteiger partial charge in [-0.2, -0.15) is 4.98 Å². The van der Waals surface area contributed by atoms with E-state index in [9.17, 15) is 9.36 Å². The second kappa shape index (κ2) is 8.80. The summed E-state index contributed by atoms with van der Waals surface area (Å²) in [6.07, 6.45) is -0.131. The van der Waals surface area contributed by atoms with E-state index in [0.29, 0.717) is 5.56 Å². The van der Waals surface area contributed by atoms with Crippen molar-refractivity contribution in [2.24, 2.45) is 0 Å². The molecule has 0 fully saturated rings.